The minimum Gasteiger partial charge on any atom is -0.440 e. The van der Waals surface area contributed by atoms with Gasteiger partial charge in [0.25, 0.3) is 0 Å². The second-order valence-electron chi connectivity index (χ2n) is 15.2. The van der Waals surface area contributed by atoms with E-state index in [0.717, 1.165) is 0 Å². The lowest BCUT2D eigenvalue weighted by molar-refractivity contribution is -0.167. The van der Waals surface area contributed by atoms with Gasteiger partial charge in [0.05, 0.1) is 12.2 Å². The number of anilines is 2. The minimum absolute atomic E-state index is 0.0492. The highest BCUT2D eigenvalue weighted by Crippen LogP contribution is 2.44. The standard InChI is InChI=1S/C32H52N2O8Si2/c1-19(41-43(11,12)31(5,6)7)25-27(37)33(29(25)39-21(3)35)23-15-17-24(18-16-23)34-28(38)26(30(34)40-22(4)36)20(2)42-44(13,14)32(8,9)10/h15-20,25-26,29-30H,1-14H3/t19-,20-,25+,26+,29-,30-/m1/s1. The van der Waals surface area contributed by atoms with Crippen molar-refractivity contribution in [3.8, 4) is 0 Å². The highest BCUT2D eigenvalue weighted by molar-refractivity contribution is 6.74. The number of benzene rings is 1. The minimum atomic E-state index is -2.18. The van der Waals surface area contributed by atoms with Crippen LogP contribution in [0.15, 0.2) is 24.3 Å². The van der Waals surface area contributed by atoms with Gasteiger partial charge in [0.15, 0.2) is 29.1 Å². The number of carbonyl (C=O) groups is 4. The van der Waals surface area contributed by atoms with E-state index >= 15 is 0 Å². The van der Waals surface area contributed by atoms with Crippen LogP contribution in [0.5, 0.6) is 0 Å². The molecule has 1 aromatic rings. The Bertz CT molecular complexity index is 1170. The number of esters is 2. The molecule has 0 aromatic heterocycles. The number of nitrogens with zero attached hydrogens (tertiary/aromatic N) is 2. The summed E-state index contributed by atoms with van der Waals surface area (Å²) in [6.45, 7) is 27.6. The summed E-state index contributed by atoms with van der Waals surface area (Å²) in [6.07, 6.45) is -2.52. The molecule has 12 heteroatoms. The molecule has 2 fully saturated rings. The van der Waals surface area contributed by atoms with Crippen LogP contribution in [0.4, 0.5) is 11.4 Å². The van der Waals surface area contributed by atoms with Crippen LogP contribution in [0, 0.1) is 11.8 Å². The van der Waals surface area contributed by atoms with E-state index in [1.165, 1.54) is 23.6 Å². The number of ether oxygens (including phenoxy) is 2. The molecule has 2 aliphatic heterocycles. The maximum absolute atomic E-state index is 13.5. The molecular weight excluding hydrogens is 597 g/mol. The van der Waals surface area contributed by atoms with Gasteiger partial charge < -0.3 is 18.3 Å². The molecule has 0 bridgehead atoms. The molecule has 0 saturated carbocycles. The van der Waals surface area contributed by atoms with Gasteiger partial charge in [0, 0.05) is 25.2 Å². The highest BCUT2D eigenvalue weighted by atomic mass is 28.4. The lowest BCUT2D eigenvalue weighted by atomic mass is 9.89. The predicted octanol–water partition coefficient (Wildman–Crippen LogP) is 6.21. The first kappa shape index (κ1) is 35.9. The van der Waals surface area contributed by atoms with Gasteiger partial charge in [0.2, 0.25) is 11.8 Å². The maximum atomic E-state index is 13.5. The average molecular weight is 649 g/mol. The molecule has 0 spiro atoms. The average Bonchev–Trinajstić information content (AvgIpc) is 2.82. The predicted molar refractivity (Wildman–Crippen MR) is 175 cm³/mol. The van der Waals surface area contributed by atoms with Crippen molar-refractivity contribution in [1.82, 2.24) is 0 Å². The van der Waals surface area contributed by atoms with Crippen LogP contribution in [0.3, 0.4) is 0 Å². The van der Waals surface area contributed by atoms with Crippen LogP contribution in [0.2, 0.25) is 36.3 Å². The molecule has 0 aliphatic carbocycles. The number of β-lactam (4-membered cyclic amide) rings is 2. The van der Waals surface area contributed by atoms with Gasteiger partial charge in [-0.25, -0.2) is 0 Å². The zero-order valence-electron chi connectivity index (χ0n) is 28.9. The van der Waals surface area contributed by atoms with Gasteiger partial charge in [-0.1, -0.05) is 41.5 Å². The Morgan fingerprint density at radius 3 is 1.16 bits per heavy atom. The van der Waals surface area contributed by atoms with Gasteiger partial charge in [-0.3, -0.25) is 29.0 Å². The Balaban J connectivity index is 1.83. The molecule has 0 unspecified atom stereocenters. The highest BCUT2D eigenvalue weighted by Gasteiger charge is 2.57. The van der Waals surface area contributed by atoms with Crippen molar-refractivity contribution >= 4 is 51.8 Å². The summed E-state index contributed by atoms with van der Waals surface area (Å²) in [5.74, 6) is -2.68. The van der Waals surface area contributed by atoms with Crippen molar-refractivity contribution in [2.24, 2.45) is 11.8 Å². The first-order valence-corrected chi connectivity index (χ1v) is 21.2. The molecule has 1 aromatic carbocycles. The number of amides is 2. The fourth-order valence-corrected chi connectivity index (χ4v) is 8.04. The van der Waals surface area contributed by atoms with E-state index in [0.29, 0.717) is 11.4 Å². The number of hydrogen-bond acceptors (Lipinski definition) is 8. The van der Waals surface area contributed by atoms with Crippen LogP contribution in [-0.4, -0.2) is 65.1 Å². The summed E-state index contributed by atoms with van der Waals surface area (Å²) in [5.41, 5.74) is 1.04. The Hall–Kier alpha value is -2.55. The van der Waals surface area contributed by atoms with E-state index in [4.69, 9.17) is 18.3 Å². The smallest absolute Gasteiger partial charge is 0.304 e. The van der Waals surface area contributed by atoms with Gasteiger partial charge in [-0.2, -0.15) is 0 Å². The van der Waals surface area contributed by atoms with Crippen LogP contribution < -0.4 is 9.80 Å². The van der Waals surface area contributed by atoms with Gasteiger partial charge in [0.1, 0.15) is 11.8 Å². The summed E-state index contributed by atoms with van der Waals surface area (Å²) in [6, 6.07) is 6.78. The first-order chi connectivity index (χ1) is 19.9. The van der Waals surface area contributed by atoms with Crippen molar-refractivity contribution in [2.45, 2.75) is 130 Å². The molecule has 2 aliphatic rings. The van der Waals surface area contributed by atoms with E-state index in [1.807, 2.05) is 13.8 Å². The summed E-state index contributed by atoms with van der Waals surface area (Å²) >= 11 is 0. The number of hydrogen-bond donors (Lipinski definition) is 0. The molecule has 2 amide bonds. The Labute approximate surface area is 265 Å². The molecule has 0 N–H and O–H groups in total. The molecule has 6 atom stereocenters. The van der Waals surface area contributed by atoms with Gasteiger partial charge in [-0.05, 0) is 74.4 Å². The zero-order valence-corrected chi connectivity index (χ0v) is 30.9. The first-order valence-electron chi connectivity index (χ1n) is 15.4. The van der Waals surface area contributed by atoms with Crippen LogP contribution in [0.25, 0.3) is 0 Å². The summed E-state index contributed by atoms with van der Waals surface area (Å²) in [4.78, 5) is 53.9. The molecule has 246 valence electrons. The third-order valence-corrected chi connectivity index (χ3v) is 18.9. The van der Waals surface area contributed by atoms with Gasteiger partial charge in [-0.15, -0.1) is 0 Å². The van der Waals surface area contributed by atoms with Crippen molar-refractivity contribution in [3.63, 3.8) is 0 Å². The second kappa shape index (κ2) is 12.3. The topological polar surface area (TPSA) is 112 Å². The summed E-state index contributed by atoms with van der Waals surface area (Å²) in [7, 11) is -4.37. The Kier molecular flexibility index (Phi) is 10.1. The third-order valence-electron chi connectivity index (χ3n) is 9.73. The molecule has 2 saturated heterocycles. The molecule has 3 rings (SSSR count). The molecule has 10 nitrogen and oxygen atoms in total. The van der Waals surface area contributed by atoms with E-state index in [-0.39, 0.29) is 21.9 Å². The largest absolute Gasteiger partial charge is 0.440 e. The summed E-state index contributed by atoms with van der Waals surface area (Å²) < 4.78 is 24.2. The Morgan fingerprint density at radius 1 is 0.659 bits per heavy atom. The maximum Gasteiger partial charge on any atom is 0.304 e. The lowest BCUT2D eigenvalue weighted by Crippen LogP contribution is -2.67. The van der Waals surface area contributed by atoms with Crippen molar-refractivity contribution in [3.05, 3.63) is 24.3 Å². The van der Waals surface area contributed by atoms with Crippen molar-refractivity contribution < 1.29 is 37.5 Å². The number of carbonyl (C=O) groups excluding carboxylic acids is 4. The van der Waals surface area contributed by atoms with Crippen molar-refractivity contribution in [2.75, 3.05) is 9.80 Å². The normalized spacial score (nSPS) is 24.3. The Morgan fingerprint density at radius 2 is 0.932 bits per heavy atom. The monoisotopic (exact) mass is 648 g/mol. The molecule has 44 heavy (non-hydrogen) atoms. The van der Waals surface area contributed by atoms with Gasteiger partial charge >= 0.3 is 11.9 Å². The SMILES string of the molecule is CC(=O)O[C@@H]1[C@@H]([C@@H](C)O[Si](C)(C)C(C)(C)C)C(=O)N1c1ccc(N2C(=O)[C@H]([C@@H](C)O[Si](C)(C)C(C)(C)C)[C@H]2OC(C)=O)cc1. The van der Waals surface area contributed by atoms with Crippen LogP contribution in [0.1, 0.15) is 69.2 Å². The number of rotatable bonds is 10. The molecule has 0 radical (unpaired) electrons. The second-order valence-corrected chi connectivity index (χ2v) is 24.7. The lowest BCUT2D eigenvalue weighted by Gasteiger charge is -2.50. The quantitative estimate of drug-likeness (QED) is 0.167. The zero-order chi connectivity index (χ0) is 33.7. The molecular formula is C32H52N2O8Si2. The van der Waals surface area contributed by atoms with E-state index in [2.05, 4.69) is 67.7 Å². The van der Waals surface area contributed by atoms with Crippen LogP contribution in [-0.2, 0) is 37.5 Å². The van der Waals surface area contributed by atoms with E-state index in [1.54, 1.807) is 24.3 Å². The van der Waals surface area contributed by atoms with Crippen LogP contribution >= 0.6 is 0 Å². The third kappa shape index (κ3) is 6.98. The fraction of sp³-hybridized carbons (Fsp3) is 0.688. The van der Waals surface area contributed by atoms with E-state index in [9.17, 15) is 19.2 Å². The fourth-order valence-electron chi connectivity index (χ4n) is 5.18. The van der Waals surface area contributed by atoms with Crippen molar-refractivity contribution in [1.29, 1.82) is 0 Å². The van der Waals surface area contributed by atoms with E-state index < -0.39 is 65.1 Å². The summed E-state index contributed by atoms with van der Waals surface area (Å²) in [5, 5.41) is -0.0984. The molecule has 2 heterocycles.